The van der Waals surface area contributed by atoms with E-state index in [-0.39, 0.29) is 5.60 Å². The molecule has 0 spiro atoms. The smallest absolute Gasteiger partial charge is 0.172 e. The lowest BCUT2D eigenvalue weighted by Gasteiger charge is -2.30. The van der Waals surface area contributed by atoms with E-state index in [0.717, 1.165) is 11.3 Å². The van der Waals surface area contributed by atoms with Crippen molar-refractivity contribution in [1.82, 2.24) is 14.6 Å². The van der Waals surface area contributed by atoms with Crippen LogP contribution in [0.4, 0.5) is 0 Å². The SMILES string of the molecule is CC1(C)Cc2c(C#N)c3nc(-c4ccco4)cnn3c2CO1. The third-order valence-electron chi connectivity index (χ3n) is 3.94. The number of fused-ring (bicyclic) bond motifs is 3. The quantitative estimate of drug-likeness (QED) is 0.689. The lowest BCUT2D eigenvalue weighted by molar-refractivity contribution is -0.0423. The fourth-order valence-electron chi connectivity index (χ4n) is 2.86. The maximum Gasteiger partial charge on any atom is 0.172 e. The third kappa shape index (κ3) is 1.83. The van der Waals surface area contributed by atoms with Gasteiger partial charge in [-0.15, -0.1) is 0 Å². The van der Waals surface area contributed by atoms with Crippen molar-refractivity contribution in [2.24, 2.45) is 0 Å². The molecule has 0 bridgehead atoms. The topological polar surface area (TPSA) is 76.4 Å². The Balaban J connectivity index is 1.97. The van der Waals surface area contributed by atoms with E-state index in [0.29, 0.717) is 35.7 Å². The molecule has 0 fully saturated rings. The number of nitriles is 1. The third-order valence-corrected chi connectivity index (χ3v) is 3.94. The Labute approximate surface area is 126 Å². The highest BCUT2D eigenvalue weighted by atomic mass is 16.5. The average molecular weight is 294 g/mol. The Morgan fingerprint density at radius 1 is 1.41 bits per heavy atom. The Morgan fingerprint density at radius 2 is 2.27 bits per heavy atom. The summed E-state index contributed by atoms with van der Waals surface area (Å²) in [4.78, 5) is 4.57. The van der Waals surface area contributed by atoms with Crippen LogP contribution in [0.1, 0.15) is 30.7 Å². The van der Waals surface area contributed by atoms with E-state index in [2.05, 4.69) is 16.2 Å². The highest BCUT2D eigenvalue weighted by Gasteiger charge is 2.32. The molecule has 1 aliphatic rings. The van der Waals surface area contributed by atoms with Crippen molar-refractivity contribution in [2.45, 2.75) is 32.5 Å². The summed E-state index contributed by atoms with van der Waals surface area (Å²) in [6, 6.07) is 5.90. The summed E-state index contributed by atoms with van der Waals surface area (Å²) in [5, 5.41) is 14.0. The molecule has 22 heavy (non-hydrogen) atoms. The maximum absolute atomic E-state index is 9.58. The molecule has 0 aromatic carbocycles. The monoisotopic (exact) mass is 294 g/mol. The van der Waals surface area contributed by atoms with Crippen LogP contribution < -0.4 is 0 Å². The van der Waals surface area contributed by atoms with Crippen molar-refractivity contribution in [1.29, 1.82) is 5.26 Å². The van der Waals surface area contributed by atoms with E-state index in [1.54, 1.807) is 23.0 Å². The molecule has 0 N–H and O–H groups in total. The molecule has 4 rings (SSSR count). The molecule has 3 aromatic rings. The maximum atomic E-state index is 9.58. The van der Waals surface area contributed by atoms with Gasteiger partial charge < -0.3 is 9.15 Å². The summed E-state index contributed by atoms with van der Waals surface area (Å²) in [5.74, 6) is 0.634. The van der Waals surface area contributed by atoms with Gasteiger partial charge >= 0.3 is 0 Å². The van der Waals surface area contributed by atoms with Crippen LogP contribution >= 0.6 is 0 Å². The zero-order valence-corrected chi connectivity index (χ0v) is 12.3. The van der Waals surface area contributed by atoms with E-state index in [4.69, 9.17) is 9.15 Å². The minimum absolute atomic E-state index is 0.284. The van der Waals surface area contributed by atoms with E-state index in [9.17, 15) is 5.26 Å². The molecule has 0 saturated heterocycles. The van der Waals surface area contributed by atoms with Gasteiger partial charge in [0.25, 0.3) is 0 Å². The molecule has 0 saturated carbocycles. The first-order valence-corrected chi connectivity index (χ1v) is 7.06. The van der Waals surface area contributed by atoms with Crippen molar-refractivity contribution < 1.29 is 9.15 Å². The van der Waals surface area contributed by atoms with Gasteiger partial charge in [0.05, 0.1) is 30.4 Å². The molecular weight excluding hydrogens is 280 g/mol. The molecule has 0 amide bonds. The van der Waals surface area contributed by atoms with Gasteiger partial charge in [0, 0.05) is 12.0 Å². The summed E-state index contributed by atoms with van der Waals surface area (Å²) in [7, 11) is 0. The minimum atomic E-state index is -0.284. The first kappa shape index (κ1) is 13.0. The number of aromatic nitrogens is 3. The Morgan fingerprint density at radius 3 is 3.00 bits per heavy atom. The van der Waals surface area contributed by atoms with Gasteiger partial charge in [0.1, 0.15) is 17.3 Å². The zero-order valence-electron chi connectivity index (χ0n) is 12.3. The Bertz CT molecular complexity index is 901. The highest BCUT2D eigenvalue weighted by molar-refractivity contribution is 5.66. The van der Waals surface area contributed by atoms with Crippen LogP contribution in [0.5, 0.6) is 0 Å². The largest absolute Gasteiger partial charge is 0.463 e. The Kier molecular flexibility index (Phi) is 2.62. The van der Waals surface area contributed by atoms with Crippen LogP contribution in [-0.2, 0) is 17.8 Å². The molecule has 3 aromatic heterocycles. The van der Waals surface area contributed by atoms with Gasteiger partial charge in [-0.2, -0.15) is 10.4 Å². The zero-order chi connectivity index (χ0) is 15.3. The van der Waals surface area contributed by atoms with Crippen LogP contribution in [0.2, 0.25) is 0 Å². The fourth-order valence-corrected chi connectivity index (χ4v) is 2.86. The molecule has 110 valence electrons. The van der Waals surface area contributed by atoms with Crippen LogP contribution in [0.15, 0.2) is 29.0 Å². The first-order chi connectivity index (χ1) is 10.6. The second-order valence-corrected chi connectivity index (χ2v) is 5.99. The first-order valence-electron chi connectivity index (χ1n) is 7.06. The van der Waals surface area contributed by atoms with Gasteiger partial charge in [-0.1, -0.05) is 0 Å². The molecule has 0 atom stereocenters. The van der Waals surface area contributed by atoms with Gasteiger partial charge in [-0.05, 0) is 26.0 Å². The van der Waals surface area contributed by atoms with Gasteiger partial charge in [-0.25, -0.2) is 9.50 Å². The van der Waals surface area contributed by atoms with Gasteiger partial charge in [0.2, 0.25) is 0 Å². The van der Waals surface area contributed by atoms with Crippen molar-refractivity contribution in [3.8, 4) is 17.5 Å². The van der Waals surface area contributed by atoms with Gasteiger partial charge in [0.15, 0.2) is 11.4 Å². The minimum Gasteiger partial charge on any atom is -0.463 e. The van der Waals surface area contributed by atoms with Crippen molar-refractivity contribution in [3.05, 3.63) is 41.4 Å². The number of hydrogen-bond donors (Lipinski definition) is 0. The van der Waals surface area contributed by atoms with Crippen LogP contribution in [0.25, 0.3) is 17.1 Å². The number of nitrogens with zero attached hydrogens (tertiary/aromatic N) is 4. The standard InChI is InChI=1S/C16H14N4O2/c1-16(2)6-10-11(7-17)15-19-12(14-4-3-5-21-14)8-18-20(15)13(10)9-22-16/h3-5,8H,6,9H2,1-2H3. The second kappa shape index (κ2) is 4.42. The molecule has 4 heterocycles. The summed E-state index contributed by atoms with van der Waals surface area (Å²) in [6.07, 6.45) is 3.91. The number of rotatable bonds is 1. The molecule has 1 aliphatic heterocycles. The fraction of sp³-hybridized carbons (Fsp3) is 0.312. The predicted molar refractivity (Wildman–Crippen MR) is 78.0 cm³/mol. The molecular formula is C16H14N4O2. The van der Waals surface area contributed by atoms with E-state index in [1.807, 2.05) is 19.9 Å². The number of ether oxygens (including phenoxy) is 1. The number of hydrogen-bond acceptors (Lipinski definition) is 5. The highest BCUT2D eigenvalue weighted by Crippen LogP contribution is 2.33. The average Bonchev–Trinajstić information content (AvgIpc) is 3.11. The van der Waals surface area contributed by atoms with Gasteiger partial charge in [-0.3, -0.25) is 0 Å². The van der Waals surface area contributed by atoms with E-state index < -0.39 is 0 Å². The molecule has 0 aliphatic carbocycles. The lowest BCUT2D eigenvalue weighted by atomic mass is 9.93. The summed E-state index contributed by atoms with van der Waals surface area (Å²) in [5.41, 5.74) is 3.35. The van der Waals surface area contributed by atoms with Crippen molar-refractivity contribution >= 4 is 5.65 Å². The molecule has 6 nitrogen and oxygen atoms in total. The molecule has 0 radical (unpaired) electrons. The van der Waals surface area contributed by atoms with Crippen LogP contribution in [0, 0.1) is 11.3 Å². The van der Waals surface area contributed by atoms with E-state index >= 15 is 0 Å². The predicted octanol–water partition coefficient (Wildman–Crippen LogP) is 2.71. The lowest BCUT2D eigenvalue weighted by Crippen LogP contribution is -2.32. The summed E-state index contributed by atoms with van der Waals surface area (Å²) in [6.45, 7) is 4.48. The van der Waals surface area contributed by atoms with Crippen LogP contribution in [0.3, 0.4) is 0 Å². The van der Waals surface area contributed by atoms with E-state index in [1.165, 1.54) is 0 Å². The Hall–Kier alpha value is -2.65. The molecule has 0 unspecified atom stereocenters. The van der Waals surface area contributed by atoms with Crippen molar-refractivity contribution in [2.75, 3.05) is 0 Å². The van der Waals surface area contributed by atoms with Crippen LogP contribution in [-0.4, -0.2) is 20.2 Å². The second-order valence-electron chi connectivity index (χ2n) is 5.99. The normalized spacial score (nSPS) is 16.4. The summed E-state index contributed by atoms with van der Waals surface area (Å²) >= 11 is 0. The number of furan rings is 1. The molecule has 6 heteroatoms. The summed E-state index contributed by atoms with van der Waals surface area (Å²) < 4.78 is 12.9. The van der Waals surface area contributed by atoms with Crippen molar-refractivity contribution in [3.63, 3.8) is 0 Å².